The second-order valence-corrected chi connectivity index (χ2v) is 3.58. The Morgan fingerprint density at radius 1 is 1.00 bits per heavy atom. The number of nitrogens with zero attached hydrogens (tertiary/aromatic N) is 3. The van der Waals surface area contributed by atoms with E-state index in [2.05, 4.69) is 15.4 Å². The van der Waals surface area contributed by atoms with E-state index >= 15 is 0 Å². The molecule has 0 bridgehead atoms. The third kappa shape index (κ3) is 2.75. The van der Waals surface area contributed by atoms with E-state index in [1.807, 2.05) is 13.8 Å². The van der Waals surface area contributed by atoms with Crippen molar-refractivity contribution in [1.29, 1.82) is 0 Å². The summed E-state index contributed by atoms with van der Waals surface area (Å²) in [4.78, 5) is 0. The van der Waals surface area contributed by atoms with E-state index in [1.54, 1.807) is 19.9 Å². The Kier molecular flexibility index (Phi) is 4.21. The molecule has 0 spiro atoms. The van der Waals surface area contributed by atoms with Crippen molar-refractivity contribution in [3.63, 3.8) is 0 Å². The highest BCUT2D eigenvalue weighted by Gasteiger charge is 2.34. The SMILES string of the molecule is CC.Cc1cc(C(F)(F)F)c2nnnc(C)c2c1. The van der Waals surface area contributed by atoms with Gasteiger partial charge in [0.05, 0.1) is 11.3 Å². The quantitative estimate of drug-likeness (QED) is 0.722. The van der Waals surface area contributed by atoms with Crippen LogP contribution in [0.3, 0.4) is 0 Å². The molecule has 0 aliphatic heterocycles. The molecule has 3 nitrogen and oxygen atoms in total. The summed E-state index contributed by atoms with van der Waals surface area (Å²) in [6, 6.07) is 2.69. The molecule has 2 aromatic rings. The van der Waals surface area contributed by atoms with Gasteiger partial charge < -0.3 is 0 Å². The van der Waals surface area contributed by atoms with Crippen LogP contribution in [0.25, 0.3) is 10.9 Å². The van der Waals surface area contributed by atoms with E-state index in [0.717, 1.165) is 6.07 Å². The molecule has 0 radical (unpaired) electrons. The Morgan fingerprint density at radius 2 is 1.61 bits per heavy atom. The smallest absolute Gasteiger partial charge is 0.166 e. The Bertz CT molecular complexity index is 550. The van der Waals surface area contributed by atoms with Crippen molar-refractivity contribution < 1.29 is 13.2 Å². The zero-order valence-corrected chi connectivity index (χ0v) is 10.6. The predicted octanol–water partition coefficient (Wildman–Crippen LogP) is 3.69. The van der Waals surface area contributed by atoms with Crippen LogP contribution in [-0.2, 0) is 6.18 Å². The first-order valence-electron chi connectivity index (χ1n) is 5.57. The molecule has 0 unspecified atom stereocenters. The number of hydrogen-bond acceptors (Lipinski definition) is 3. The lowest BCUT2D eigenvalue weighted by molar-refractivity contribution is -0.136. The van der Waals surface area contributed by atoms with Crippen molar-refractivity contribution in [3.8, 4) is 0 Å². The summed E-state index contributed by atoms with van der Waals surface area (Å²) in [6.07, 6.45) is -4.42. The molecule has 98 valence electrons. The van der Waals surface area contributed by atoms with Crippen LogP contribution in [0.1, 0.15) is 30.7 Å². The molecule has 18 heavy (non-hydrogen) atoms. The minimum absolute atomic E-state index is 0.148. The fourth-order valence-corrected chi connectivity index (χ4v) is 1.57. The van der Waals surface area contributed by atoms with Crippen LogP contribution in [-0.4, -0.2) is 15.4 Å². The Balaban J connectivity index is 0.000000771. The monoisotopic (exact) mass is 257 g/mol. The van der Waals surface area contributed by atoms with Crippen LogP contribution in [0.15, 0.2) is 12.1 Å². The van der Waals surface area contributed by atoms with Crippen molar-refractivity contribution in [2.45, 2.75) is 33.9 Å². The van der Waals surface area contributed by atoms with E-state index in [1.165, 1.54) is 0 Å². The summed E-state index contributed by atoms with van der Waals surface area (Å²) < 4.78 is 38.2. The van der Waals surface area contributed by atoms with Crippen molar-refractivity contribution in [1.82, 2.24) is 15.4 Å². The van der Waals surface area contributed by atoms with Gasteiger partial charge in [-0.1, -0.05) is 13.8 Å². The van der Waals surface area contributed by atoms with Gasteiger partial charge in [-0.2, -0.15) is 13.2 Å². The van der Waals surface area contributed by atoms with Gasteiger partial charge in [0.1, 0.15) is 5.52 Å². The maximum absolute atomic E-state index is 12.7. The van der Waals surface area contributed by atoms with Crippen molar-refractivity contribution in [3.05, 3.63) is 29.0 Å². The fraction of sp³-hybridized carbons (Fsp3) is 0.417. The first-order chi connectivity index (χ1) is 8.39. The first-order valence-corrected chi connectivity index (χ1v) is 5.57. The lowest BCUT2D eigenvalue weighted by Crippen LogP contribution is -2.08. The van der Waals surface area contributed by atoms with Crippen molar-refractivity contribution in [2.24, 2.45) is 0 Å². The van der Waals surface area contributed by atoms with Gasteiger partial charge in [0.15, 0.2) is 0 Å². The zero-order chi connectivity index (χ0) is 13.9. The summed E-state index contributed by atoms with van der Waals surface area (Å²) in [6.45, 7) is 7.21. The molecule has 0 fully saturated rings. The number of aryl methyl sites for hydroxylation is 2. The Morgan fingerprint density at radius 3 is 2.17 bits per heavy atom. The molecule has 1 heterocycles. The highest BCUT2D eigenvalue weighted by Crippen LogP contribution is 2.34. The zero-order valence-electron chi connectivity index (χ0n) is 10.6. The number of fused-ring (bicyclic) bond motifs is 1. The summed E-state index contributed by atoms with van der Waals surface area (Å²) in [5.74, 6) is 0. The molecule has 0 saturated carbocycles. The minimum atomic E-state index is -4.42. The molecule has 0 aliphatic carbocycles. The Hall–Kier alpha value is -1.72. The lowest BCUT2D eigenvalue weighted by atomic mass is 10.1. The van der Waals surface area contributed by atoms with Gasteiger partial charge in [-0.3, -0.25) is 0 Å². The molecule has 0 amide bonds. The maximum atomic E-state index is 12.7. The second kappa shape index (κ2) is 5.29. The summed E-state index contributed by atoms with van der Waals surface area (Å²) in [5, 5.41) is 10.8. The van der Waals surface area contributed by atoms with Gasteiger partial charge in [0.25, 0.3) is 0 Å². The van der Waals surface area contributed by atoms with E-state index in [9.17, 15) is 13.2 Å². The predicted molar refractivity (Wildman–Crippen MR) is 63.2 cm³/mol. The number of aromatic nitrogens is 3. The molecular formula is C12H14F3N3. The third-order valence-electron chi connectivity index (χ3n) is 2.29. The average molecular weight is 257 g/mol. The van der Waals surface area contributed by atoms with Crippen LogP contribution in [0.2, 0.25) is 0 Å². The van der Waals surface area contributed by atoms with Gasteiger partial charge in [0.2, 0.25) is 0 Å². The molecule has 0 saturated heterocycles. The van der Waals surface area contributed by atoms with E-state index in [-0.39, 0.29) is 5.52 Å². The summed E-state index contributed by atoms with van der Waals surface area (Å²) in [5.41, 5.74) is 0.0584. The van der Waals surface area contributed by atoms with Gasteiger partial charge in [-0.25, -0.2) is 0 Å². The van der Waals surface area contributed by atoms with Crippen LogP contribution < -0.4 is 0 Å². The molecule has 6 heteroatoms. The molecular weight excluding hydrogens is 243 g/mol. The van der Waals surface area contributed by atoms with Gasteiger partial charge >= 0.3 is 6.18 Å². The van der Waals surface area contributed by atoms with Crippen molar-refractivity contribution >= 4 is 10.9 Å². The standard InChI is InChI=1S/C10H8F3N3.C2H6/c1-5-3-7-6(2)14-16-15-9(7)8(4-5)10(11,12)13;1-2/h3-4H,1-2H3;1-2H3. The topological polar surface area (TPSA) is 38.7 Å². The van der Waals surface area contributed by atoms with Gasteiger partial charge in [0, 0.05) is 5.39 Å². The maximum Gasteiger partial charge on any atom is 0.418 e. The normalized spacial score (nSPS) is 11.1. The number of rotatable bonds is 0. The van der Waals surface area contributed by atoms with Crippen LogP contribution in [0.4, 0.5) is 13.2 Å². The number of alkyl halides is 3. The number of halogens is 3. The molecule has 2 rings (SSSR count). The molecule has 1 aromatic carbocycles. The van der Waals surface area contributed by atoms with E-state index in [4.69, 9.17) is 0 Å². The fourth-order valence-electron chi connectivity index (χ4n) is 1.57. The highest BCUT2D eigenvalue weighted by molar-refractivity contribution is 5.84. The van der Waals surface area contributed by atoms with Gasteiger partial charge in [-0.05, 0) is 36.8 Å². The van der Waals surface area contributed by atoms with Crippen LogP contribution >= 0.6 is 0 Å². The third-order valence-corrected chi connectivity index (χ3v) is 2.29. The number of hydrogen-bond donors (Lipinski definition) is 0. The number of benzene rings is 1. The van der Waals surface area contributed by atoms with Crippen molar-refractivity contribution in [2.75, 3.05) is 0 Å². The lowest BCUT2D eigenvalue weighted by Gasteiger charge is -2.10. The second-order valence-electron chi connectivity index (χ2n) is 3.58. The van der Waals surface area contributed by atoms with Crippen LogP contribution in [0, 0.1) is 13.8 Å². The van der Waals surface area contributed by atoms with Gasteiger partial charge in [-0.15, -0.1) is 10.2 Å². The molecule has 0 aliphatic rings. The van der Waals surface area contributed by atoms with Crippen LogP contribution in [0.5, 0.6) is 0 Å². The van der Waals surface area contributed by atoms with E-state index < -0.39 is 11.7 Å². The average Bonchev–Trinajstić information content (AvgIpc) is 2.31. The molecule has 0 N–H and O–H groups in total. The Labute approximate surface area is 103 Å². The summed E-state index contributed by atoms with van der Waals surface area (Å²) in [7, 11) is 0. The van der Waals surface area contributed by atoms with E-state index in [0.29, 0.717) is 16.6 Å². The molecule has 1 aromatic heterocycles. The molecule has 0 atom stereocenters. The first kappa shape index (κ1) is 14.3. The minimum Gasteiger partial charge on any atom is -0.166 e. The largest absolute Gasteiger partial charge is 0.418 e. The highest BCUT2D eigenvalue weighted by atomic mass is 19.4. The summed E-state index contributed by atoms with van der Waals surface area (Å²) >= 11 is 0.